The molecule has 0 aliphatic heterocycles. The van der Waals surface area contributed by atoms with Crippen LogP contribution >= 0.6 is 0 Å². The van der Waals surface area contributed by atoms with Crippen molar-refractivity contribution in [2.75, 3.05) is 36.7 Å². The number of benzene rings is 2. The minimum Gasteiger partial charge on any atom is -0.438 e. The molecule has 3 rings (SSSR count). The summed E-state index contributed by atoms with van der Waals surface area (Å²) in [4.78, 5) is 29.7. The Bertz CT molecular complexity index is 1110. The van der Waals surface area contributed by atoms with Crippen LogP contribution in [0.3, 0.4) is 0 Å². The van der Waals surface area contributed by atoms with E-state index in [-0.39, 0.29) is 18.4 Å². The lowest BCUT2D eigenvalue weighted by atomic mass is 10.1. The number of anilines is 5. The van der Waals surface area contributed by atoms with Crippen molar-refractivity contribution in [3.8, 4) is 5.75 Å². The first-order chi connectivity index (χ1) is 16.0. The molecule has 0 bridgehead atoms. The van der Waals surface area contributed by atoms with Crippen LogP contribution in [0.25, 0.3) is 0 Å². The van der Waals surface area contributed by atoms with E-state index in [1.807, 2.05) is 12.1 Å². The Hall–Kier alpha value is -4.41. The summed E-state index contributed by atoms with van der Waals surface area (Å²) in [6.45, 7) is 0.527. The number of aromatic nitrogens is 2. The van der Waals surface area contributed by atoms with Crippen LogP contribution in [0.4, 0.5) is 38.0 Å². The lowest BCUT2D eigenvalue weighted by molar-refractivity contribution is -0.120. The number of halogens is 1. The molecule has 0 unspecified atom stereocenters. The van der Waals surface area contributed by atoms with Gasteiger partial charge in [0.2, 0.25) is 5.95 Å². The summed E-state index contributed by atoms with van der Waals surface area (Å²) in [5.74, 6) is -0.104. The monoisotopic (exact) mass is 455 g/mol. The van der Waals surface area contributed by atoms with Gasteiger partial charge < -0.3 is 30.2 Å². The molecule has 3 N–H and O–H groups in total. The van der Waals surface area contributed by atoms with Crippen molar-refractivity contribution >= 4 is 41.5 Å². The van der Waals surface area contributed by atoms with Crippen molar-refractivity contribution in [2.45, 2.75) is 6.42 Å². The molecule has 11 heteroatoms. The maximum atomic E-state index is 14.3. The van der Waals surface area contributed by atoms with E-state index in [9.17, 15) is 14.0 Å². The first kappa shape index (κ1) is 23.3. The standard InChI is InChI=1S/C22H22FN5O5/c1-24-18-11-16(7-8-19(18)33-13-29)27-21-25-12-17(23)20(28-21)26-15-5-3-14(4-6-15)9-10-32-22(30)31-2/h3-8,11-13,24H,9-10H2,1-2H3,(H2,25,26,27,28). The molecule has 0 radical (unpaired) electrons. The highest BCUT2D eigenvalue weighted by molar-refractivity contribution is 5.69. The van der Waals surface area contributed by atoms with Crippen LogP contribution in [0.2, 0.25) is 0 Å². The Labute approximate surface area is 189 Å². The molecule has 0 atom stereocenters. The molecule has 0 saturated carbocycles. The molecule has 0 amide bonds. The van der Waals surface area contributed by atoms with Crippen LogP contribution < -0.4 is 20.7 Å². The van der Waals surface area contributed by atoms with E-state index in [1.54, 1.807) is 37.4 Å². The van der Waals surface area contributed by atoms with E-state index in [0.717, 1.165) is 11.8 Å². The van der Waals surface area contributed by atoms with Crippen LogP contribution in [0.1, 0.15) is 5.56 Å². The maximum Gasteiger partial charge on any atom is 0.507 e. The predicted octanol–water partition coefficient (Wildman–Crippen LogP) is 4.01. The molecule has 33 heavy (non-hydrogen) atoms. The molecule has 3 aromatic rings. The summed E-state index contributed by atoms with van der Waals surface area (Å²) in [5.41, 5.74) is 2.72. The van der Waals surface area contributed by atoms with Crippen molar-refractivity contribution in [1.82, 2.24) is 9.97 Å². The van der Waals surface area contributed by atoms with Crippen molar-refractivity contribution in [3.63, 3.8) is 0 Å². The van der Waals surface area contributed by atoms with Gasteiger partial charge in [-0.05, 0) is 35.9 Å². The highest BCUT2D eigenvalue weighted by Gasteiger charge is 2.10. The summed E-state index contributed by atoms with van der Waals surface area (Å²) in [6.07, 6.45) is 0.833. The van der Waals surface area contributed by atoms with Crippen LogP contribution in [0, 0.1) is 5.82 Å². The Kier molecular flexibility index (Phi) is 7.95. The second-order valence-electron chi connectivity index (χ2n) is 6.56. The van der Waals surface area contributed by atoms with Gasteiger partial charge in [-0.2, -0.15) is 4.98 Å². The molecule has 0 fully saturated rings. The molecule has 2 aromatic carbocycles. The first-order valence-electron chi connectivity index (χ1n) is 9.80. The molecule has 0 spiro atoms. The fourth-order valence-electron chi connectivity index (χ4n) is 2.80. The van der Waals surface area contributed by atoms with E-state index in [1.165, 1.54) is 7.11 Å². The lowest BCUT2D eigenvalue weighted by Gasteiger charge is -2.12. The molecule has 0 aliphatic carbocycles. The summed E-state index contributed by atoms with van der Waals surface area (Å²) in [6, 6.07) is 12.1. The average Bonchev–Trinajstić information content (AvgIpc) is 2.83. The largest absolute Gasteiger partial charge is 0.507 e. The summed E-state index contributed by atoms with van der Waals surface area (Å²) in [5, 5.41) is 8.82. The number of carbonyl (C=O) groups excluding carboxylic acids is 2. The minimum atomic E-state index is -0.732. The molecule has 0 aliphatic rings. The highest BCUT2D eigenvalue weighted by Crippen LogP contribution is 2.29. The number of nitrogens with zero attached hydrogens (tertiary/aromatic N) is 2. The summed E-state index contributed by atoms with van der Waals surface area (Å²) >= 11 is 0. The third kappa shape index (κ3) is 6.53. The van der Waals surface area contributed by atoms with Crippen molar-refractivity contribution in [2.24, 2.45) is 0 Å². The van der Waals surface area contributed by atoms with Gasteiger partial charge in [0.1, 0.15) is 0 Å². The minimum absolute atomic E-state index is 0.0102. The Morgan fingerprint density at radius 1 is 1.12 bits per heavy atom. The van der Waals surface area contributed by atoms with Gasteiger partial charge in [0.15, 0.2) is 17.4 Å². The van der Waals surface area contributed by atoms with Gasteiger partial charge in [0.05, 0.1) is 25.6 Å². The number of ether oxygens (including phenoxy) is 3. The fraction of sp³-hybridized carbons (Fsp3) is 0.182. The second kappa shape index (κ2) is 11.3. The number of carbonyl (C=O) groups is 2. The zero-order valence-electron chi connectivity index (χ0n) is 17.9. The molecule has 0 saturated heterocycles. The van der Waals surface area contributed by atoms with Gasteiger partial charge in [0, 0.05) is 24.8 Å². The van der Waals surface area contributed by atoms with Gasteiger partial charge in [-0.25, -0.2) is 14.2 Å². The van der Waals surface area contributed by atoms with E-state index in [2.05, 4.69) is 30.7 Å². The maximum absolute atomic E-state index is 14.3. The van der Waals surface area contributed by atoms with Crippen LogP contribution in [0.5, 0.6) is 5.75 Å². The van der Waals surface area contributed by atoms with Crippen molar-refractivity contribution in [3.05, 3.63) is 60.0 Å². The van der Waals surface area contributed by atoms with Gasteiger partial charge in [0.25, 0.3) is 6.47 Å². The Morgan fingerprint density at radius 3 is 2.58 bits per heavy atom. The lowest BCUT2D eigenvalue weighted by Crippen LogP contribution is -2.07. The quantitative estimate of drug-likeness (QED) is 0.305. The molecule has 1 heterocycles. The molecule has 1 aromatic heterocycles. The molecular formula is C22H22FN5O5. The zero-order chi connectivity index (χ0) is 23.6. The van der Waals surface area contributed by atoms with Crippen LogP contribution in [-0.4, -0.2) is 43.4 Å². The highest BCUT2D eigenvalue weighted by atomic mass is 19.1. The Morgan fingerprint density at radius 2 is 1.88 bits per heavy atom. The van der Waals surface area contributed by atoms with E-state index >= 15 is 0 Å². The van der Waals surface area contributed by atoms with Crippen LogP contribution in [-0.2, 0) is 20.7 Å². The summed E-state index contributed by atoms with van der Waals surface area (Å²) in [7, 11) is 2.93. The number of methoxy groups -OCH3 is 1. The second-order valence-corrected chi connectivity index (χ2v) is 6.56. The summed E-state index contributed by atoms with van der Waals surface area (Å²) < 4.78 is 28.4. The first-order valence-corrected chi connectivity index (χ1v) is 9.80. The SMILES string of the molecule is CNc1cc(Nc2ncc(F)c(Nc3ccc(CCOC(=O)OC)cc3)n2)ccc1OC=O. The van der Waals surface area contributed by atoms with Crippen LogP contribution in [0.15, 0.2) is 48.7 Å². The third-order valence-corrected chi connectivity index (χ3v) is 4.42. The predicted molar refractivity (Wildman–Crippen MR) is 120 cm³/mol. The fourth-order valence-corrected chi connectivity index (χ4v) is 2.80. The number of hydrogen-bond acceptors (Lipinski definition) is 10. The number of nitrogens with one attached hydrogen (secondary N) is 3. The molecule has 10 nitrogen and oxygen atoms in total. The Balaban J connectivity index is 1.67. The van der Waals surface area contributed by atoms with E-state index in [0.29, 0.717) is 35.7 Å². The average molecular weight is 455 g/mol. The smallest absolute Gasteiger partial charge is 0.438 e. The van der Waals surface area contributed by atoms with Gasteiger partial charge in [-0.15, -0.1) is 0 Å². The molecular weight excluding hydrogens is 433 g/mol. The van der Waals surface area contributed by atoms with E-state index in [4.69, 9.17) is 9.47 Å². The van der Waals surface area contributed by atoms with Gasteiger partial charge in [-0.1, -0.05) is 12.1 Å². The number of rotatable bonds is 10. The van der Waals surface area contributed by atoms with Gasteiger partial charge in [-0.3, -0.25) is 4.79 Å². The van der Waals surface area contributed by atoms with E-state index < -0.39 is 12.0 Å². The van der Waals surface area contributed by atoms with Crippen molar-refractivity contribution in [1.29, 1.82) is 0 Å². The normalized spacial score (nSPS) is 10.2. The van der Waals surface area contributed by atoms with Crippen molar-refractivity contribution < 1.29 is 28.2 Å². The molecule has 172 valence electrons. The number of hydrogen-bond donors (Lipinski definition) is 3. The third-order valence-electron chi connectivity index (χ3n) is 4.42. The zero-order valence-corrected chi connectivity index (χ0v) is 17.9. The topological polar surface area (TPSA) is 124 Å². The van der Waals surface area contributed by atoms with Gasteiger partial charge >= 0.3 is 6.16 Å².